The van der Waals surface area contributed by atoms with E-state index in [1.54, 1.807) is 0 Å². The average molecular weight is 501 g/mol. The van der Waals surface area contributed by atoms with Crippen LogP contribution in [0, 0.1) is 0 Å². The molecule has 0 unspecified atom stereocenters. The number of aromatic amines is 2. The molecule has 1 aliphatic heterocycles. The highest BCUT2D eigenvalue weighted by Crippen LogP contribution is 2.37. The largest absolute Gasteiger partial charge is 0.353 e. The molecule has 9 heteroatoms. The molecule has 0 saturated heterocycles. The Morgan fingerprint density at radius 3 is 1.92 bits per heavy atom. The second kappa shape index (κ2) is 9.31. The number of benzene rings is 2. The van der Waals surface area contributed by atoms with Crippen LogP contribution in [0.5, 0.6) is 0 Å². The number of amides is 4. The van der Waals surface area contributed by atoms with Crippen LogP contribution < -0.4 is 21.3 Å². The van der Waals surface area contributed by atoms with Crippen LogP contribution in [0.25, 0.3) is 33.2 Å². The number of para-hydroxylation sites is 2. The first-order valence-electron chi connectivity index (χ1n) is 12.4. The van der Waals surface area contributed by atoms with Gasteiger partial charge in [-0.15, -0.1) is 0 Å². The molecule has 1 aliphatic rings. The molecular formula is C28H32N6O3. The highest BCUT2D eigenvalue weighted by molar-refractivity contribution is 5.97. The van der Waals surface area contributed by atoms with E-state index >= 15 is 0 Å². The van der Waals surface area contributed by atoms with E-state index in [4.69, 9.17) is 0 Å². The van der Waals surface area contributed by atoms with Crippen molar-refractivity contribution in [2.75, 3.05) is 0 Å². The van der Waals surface area contributed by atoms with Crippen molar-refractivity contribution in [1.29, 1.82) is 0 Å². The maximum absolute atomic E-state index is 13.5. The lowest BCUT2D eigenvalue weighted by Crippen LogP contribution is -2.58. The third-order valence-corrected chi connectivity index (χ3v) is 6.50. The number of nitrogens with one attached hydrogen (secondary N) is 6. The summed E-state index contributed by atoms with van der Waals surface area (Å²) in [5.74, 6) is -0.671. The van der Waals surface area contributed by atoms with E-state index in [1.165, 1.54) is 6.92 Å². The summed E-state index contributed by atoms with van der Waals surface area (Å²) >= 11 is 0. The number of hydrogen-bond donors (Lipinski definition) is 6. The van der Waals surface area contributed by atoms with E-state index in [2.05, 4.69) is 31.2 Å². The smallest absolute Gasteiger partial charge is 0.316 e. The minimum Gasteiger partial charge on any atom is -0.353 e. The maximum Gasteiger partial charge on any atom is 0.316 e. The van der Waals surface area contributed by atoms with Gasteiger partial charge in [-0.2, -0.15) is 0 Å². The highest BCUT2D eigenvalue weighted by Gasteiger charge is 2.31. The molecule has 0 bridgehead atoms. The molecule has 2 atom stereocenters. The summed E-state index contributed by atoms with van der Waals surface area (Å²) in [5.41, 5.74) is 5.13. The van der Waals surface area contributed by atoms with Crippen molar-refractivity contribution in [3.63, 3.8) is 0 Å². The second-order valence-corrected chi connectivity index (χ2v) is 10.6. The number of carbonyl (C=O) groups is 3. The van der Waals surface area contributed by atoms with Crippen molar-refractivity contribution in [3.05, 3.63) is 59.7 Å². The Hall–Kier alpha value is -4.27. The summed E-state index contributed by atoms with van der Waals surface area (Å²) in [6, 6.07) is 14.7. The third-order valence-electron chi connectivity index (χ3n) is 6.50. The van der Waals surface area contributed by atoms with Gasteiger partial charge in [0.2, 0.25) is 11.8 Å². The fourth-order valence-corrected chi connectivity index (χ4v) is 5.06. The molecule has 2 aromatic heterocycles. The Morgan fingerprint density at radius 2 is 1.38 bits per heavy atom. The molecule has 0 radical (unpaired) electrons. The quantitative estimate of drug-likeness (QED) is 0.252. The fraction of sp³-hybridized carbons (Fsp3) is 0.321. The van der Waals surface area contributed by atoms with Crippen molar-refractivity contribution in [2.24, 2.45) is 0 Å². The second-order valence-electron chi connectivity index (χ2n) is 10.6. The normalized spacial score (nSPS) is 18.0. The Balaban J connectivity index is 1.68. The van der Waals surface area contributed by atoms with Gasteiger partial charge in [-0.3, -0.25) is 9.59 Å². The van der Waals surface area contributed by atoms with Gasteiger partial charge < -0.3 is 31.2 Å². The third kappa shape index (κ3) is 5.02. The predicted octanol–water partition coefficient (Wildman–Crippen LogP) is 3.46. The first kappa shape index (κ1) is 24.4. The number of aromatic nitrogens is 2. The average Bonchev–Trinajstić information content (AvgIpc) is 3.35. The molecule has 0 spiro atoms. The predicted molar refractivity (Wildman–Crippen MR) is 144 cm³/mol. The zero-order valence-electron chi connectivity index (χ0n) is 21.4. The molecule has 5 rings (SSSR count). The monoisotopic (exact) mass is 500 g/mol. The van der Waals surface area contributed by atoms with E-state index < -0.39 is 23.8 Å². The Kier molecular flexibility index (Phi) is 6.15. The molecule has 0 saturated carbocycles. The summed E-state index contributed by atoms with van der Waals surface area (Å²) < 4.78 is 0. The Morgan fingerprint density at radius 1 is 0.838 bits per heavy atom. The van der Waals surface area contributed by atoms with Crippen LogP contribution in [-0.4, -0.2) is 45.6 Å². The SMILES string of the molecule is CC(=O)N[C@H]1Cc2c([nH]c3ccccc23)-c2[nH]c3ccccc3c2C[C@@H](NC(=O)NC(C)(C)C)NC1=O. The van der Waals surface area contributed by atoms with Gasteiger partial charge in [-0.05, 0) is 44.0 Å². The Labute approximate surface area is 214 Å². The van der Waals surface area contributed by atoms with Gasteiger partial charge in [0, 0.05) is 47.1 Å². The molecule has 0 fully saturated rings. The zero-order valence-corrected chi connectivity index (χ0v) is 21.4. The first-order chi connectivity index (χ1) is 17.6. The lowest BCUT2D eigenvalue weighted by molar-refractivity contribution is -0.128. The van der Waals surface area contributed by atoms with Crippen LogP contribution in [0.1, 0.15) is 38.8 Å². The Bertz CT molecular complexity index is 1510. The number of urea groups is 1. The minimum absolute atomic E-state index is 0.278. The van der Waals surface area contributed by atoms with Gasteiger partial charge in [-0.25, -0.2) is 4.79 Å². The molecule has 37 heavy (non-hydrogen) atoms. The summed E-state index contributed by atoms with van der Waals surface area (Å²) in [5, 5.41) is 13.6. The van der Waals surface area contributed by atoms with E-state index in [0.717, 1.165) is 44.3 Å². The van der Waals surface area contributed by atoms with Crippen LogP contribution in [0.3, 0.4) is 0 Å². The molecular weight excluding hydrogens is 468 g/mol. The van der Waals surface area contributed by atoms with Crippen LogP contribution in [0.2, 0.25) is 0 Å². The van der Waals surface area contributed by atoms with Crippen LogP contribution >= 0.6 is 0 Å². The van der Waals surface area contributed by atoms with Crippen molar-refractivity contribution >= 4 is 39.7 Å². The van der Waals surface area contributed by atoms with Gasteiger partial charge in [0.05, 0.1) is 11.4 Å². The van der Waals surface area contributed by atoms with Crippen molar-refractivity contribution in [3.8, 4) is 11.4 Å². The number of fused-ring (bicyclic) bond motifs is 7. The summed E-state index contributed by atoms with van der Waals surface area (Å²) in [7, 11) is 0. The molecule has 0 aliphatic carbocycles. The standard InChI is InChI=1S/C28H32N6O3/c1-15(35)29-22-13-18-16-9-5-7-11-20(16)30-24(18)25-19(17-10-6-8-12-21(17)31-25)14-23(32-26(22)36)33-27(37)34-28(2,3)4/h5-12,22-23,30-31H,13-14H2,1-4H3,(H,29,35)(H,32,36)(H2,33,34,37)/t22-,23+/m0/s1. The van der Waals surface area contributed by atoms with Crippen molar-refractivity contribution in [2.45, 2.75) is 58.3 Å². The minimum atomic E-state index is -0.823. The first-order valence-corrected chi connectivity index (χ1v) is 12.4. The lowest BCUT2D eigenvalue weighted by Gasteiger charge is -2.28. The van der Waals surface area contributed by atoms with Crippen LogP contribution in [0.4, 0.5) is 4.79 Å². The summed E-state index contributed by atoms with van der Waals surface area (Å²) in [4.78, 5) is 45.5. The topological polar surface area (TPSA) is 131 Å². The maximum atomic E-state index is 13.5. The van der Waals surface area contributed by atoms with E-state index in [1.807, 2.05) is 69.3 Å². The van der Waals surface area contributed by atoms with E-state index in [-0.39, 0.29) is 18.2 Å². The van der Waals surface area contributed by atoms with Crippen molar-refractivity contribution in [1.82, 2.24) is 31.2 Å². The number of rotatable bonds is 2. The molecule has 6 N–H and O–H groups in total. The summed E-state index contributed by atoms with van der Waals surface area (Å²) in [6.07, 6.45) is -0.0972. The zero-order chi connectivity index (χ0) is 26.3. The molecule has 192 valence electrons. The van der Waals surface area contributed by atoms with Gasteiger partial charge in [0.25, 0.3) is 0 Å². The molecule has 2 aromatic carbocycles. The number of H-pyrrole nitrogens is 2. The summed E-state index contributed by atoms with van der Waals surface area (Å²) in [6.45, 7) is 7.06. The lowest BCUT2D eigenvalue weighted by atomic mass is 9.95. The van der Waals surface area contributed by atoms with Gasteiger partial charge >= 0.3 is 6.03 Å². The number of carbonyl (C=O) groups excluding carboxylic acids is 3. The number of hydrogen-bond acceptors (Lipinski definition) is 3. The van der Waals surface area contributed by atoms with Gasteiger partial charge in [0.15, 0.2) is 0 Å². The van der Waals surface area contributed by atoms with Gasteiger partial charge in [-0.1, -0.05) is 36.4 Å². The van der Waals surface area contributed by atoms with Crippen LogP contribution in [0.15, 0.2) is 48.5 Å². The molecule has 9 nitrogen and oxygen atoms in total. The molecule has 4 aromatic rings. The van der Waals surface area contributed by atoms with E-state index in [0.29, 0.717) is 6.42 Å². The fourth-order valence-electron chi connectivity index (χ4n) is 5.06. The highest BCUT2D eigenvalue weighted by atomic mass is 16.2. The van der Waals surface area contributed by atoms with Crippen molar-refractivity contribution < 1.29 is 14.4 Å². The van der Waals surface area contributed by atoms with Gasteiger partial charge in [0.1, 0.15) is 12.2 Å². The molecule has 3 heterocycles. The molecule has 4 amide bonds. The van der Waals surface area contributed by atoms with E-state index in [9.17, 15) is 14.4 Å². The van der Waals surface area contributed by atoms with Crippen LogP contribution in [-0.2, 0) is 22.4 Å².